The molecule has 0 amide bonds. The van der Waals surface area contributed by atoms with Crippen LogP contribution in [0.2, 0.25) is 0 Å². The van der Waals surface area contributed by atoms with Gasteiger partial charge in [0.25, 0.3) is 0 Å². The van der Waals surface area contributed by atoms with Gasteiger partial charge in [-0.05, 0) is 18.6 Å². The monoisotopic (exact) mass is 336 g/mol. The molecule has 5 nitrogen and oxygen atoms in total. The first-order valence-electron chi connectivity index (χ1n) is 8.68. The van der Waals surface area contributed by atoms with Crippen LogP contribution >= 0.6 is 0 Å². The van der Waals surface area contributed by atoms with E-state index in [1.807, 2.05) is 48.5 Å². The van der Waals surface area contributed by atoms with Gasteiger partial charge in [-0.3, -0.25) is 0 Å². The quantitative estimate of drug-likeness (QED) is 0.652. The minimum absolute atomic E-state index is 0.594. The lowest BCUT2D eigenvalue weighted by atomic mass is 10.2. The third-order valence-electron chi connectivity index (χ3n) is 4.01. The molecule has 5 heteroatoms. The van der Waals surface area contributed by atoms with Crippen LogP contribution in [0, 0.1) is 0 Å². The summed E-state index contributed by atoms with van der Waals surface area (Å²) in [6.07, 6.45) is 3.97. The summed E-state index contributed by atoms with van der Waals surface area (Å²) in [5.41, 5.74) is 1.01. The number of unbranched alkanes of at least 4 members (excludes halogenated alkanes) is 1. The molecule has 0 aliphatic heterocycles. The first-order valence-corrected chi connectivity index (χ1v) is 8.68. The Morgan fingerprint density at radius 2 is 1.92 bits per heavy atom. The summed E-state index contributed by atoms with van der Waals surface area (Å²) in [5.74, 6) is 3.32. The van der Waals surface area contributed by atoms with Gasteiger partial charge < -0.3 is 14.6 Å². The highest BCUT2D eigenvalue weighted by Crippen LogP contribution is 2.22. The number of aromatic nitrogens is 2. The maximum Gasteiger partial charge on any atom is 0.163 e. The Bertz CT molecular complexity index is 772. The van der Waals surface area contributed by atoms with Crippen LogP contribution in [0.3, 0.4) is 0 Å². The SMILES string of the molecule is CCCCN(C)c1cc(NCc2ccco2)nc(-c2ccccc2)n1. The largest absolute Gasteiger partial charge is 0.467 e. The van der Waals surface area contributed by atoms with Crippen molar-refractivity contribution in [1.29, 1.82) is 0 Å². The number of furan rings is 1. The molecule has 0 fully saturated rings. The van der Waals surface area contributed by atoms with E-state index < -0.39 is 0 Å². The molecule has 0 aliphatic rings. The van der Waals surface area contributed by atoms with Crippen molar-refractivity contribution < 1.29 is 4.42 Å². The highest BCUT2D eigenvalue weighted by Gasteiger charge is 2.10. The van der Waals surface area contributed by atoms with Crippen LogP contribution in [0.5, 0.6) is 0 Å². The highest BCUT2D eigenvalue weighted by molar-refractivity contribution is 5.61. The number of rotatable bonds is 8. The van der Waals surface area contributed by atoms with Crippen LogP contribution in [-0.2, 0) is 6.54 Å². The lowest BCUT2D eigenvalue weighted by Crippen LogP contribution is -2.20. The highest BCUT2D eigenvalue weighted by atomic mass is 16.3. The summed E-state index contributed by atoms with van der Waals surface area (Å²) in [6.45, 7) is 3.76. The Balaban J connectivity index is 1.87. The lowest BCUT2D eigenvalue weighted by Gasteiger charge is -2.19. The second kappa shape index (κ2) is 8.33. The van der Waals surface area contributed by atoms with Gasteiger partial charge in [0.05, 0.1) is 12.8 Å². The third-order valence-corrected chi connectivity index (χ3v) is 4.01. The molecule has 2 aromatic heterocycles. The Kier molecular flexibility index (Phi) is 5.67. The fourth-order valence-corrected chi connectivity index (χ4v) is 2.54. The zero-order valence-corrected chi connectivity index (χ0v) is 14.8. The molecule has 0 spiro atoms. The molecule has 3 aromatic rings. The summed E-state index contributed by atoms with van der Waals surface area (Å²) >= 11 is 0. The van der Waals surface area contributed by atoms with Crippen LogP contribution < -0.4 is 10.2 Å². The van der Waals surface area contributed by atoms with Gasteiger partial charge in [0, 0.05) is 25.2 Å². The zero-order valence-electron chi connectivity index (χ0n) is 14.8. The number of nitrogens with zero attached hydrogens (tertiary/aromatic N) is 3. The molecule has 0 saturated heterocycles. The molecule has 2 heterocycles. The summed E-state index contributed by atoms with van der Waals surface area (Å²) < 4.78 is 5.38. The molecule has 0 bridgehead atoms. The summed E-state index contributed by atoms with van der Waals surface area (Å²) in [7, 11) is 2.07. The van der Waals surface area contributed by atoms with Gasteiger partial charge in [0.2, 0.25) is 0 Å². The van der Waals surface area contributed by atoms with Crippen molar-refractivity contribution in [2.45, 2.75) is 26.3 Å². The van der Waals surface area contributed by atoms with Crippen molar-refractivity contribution in [2.75, 3.05) is 23.8 Å². The van der Waals surface area contributed by atoms with E-state index in [2.05, 4.69) is 29.2 Å². The first-order chi connectivity index (χ1) is 12.3. The zero-order chi connectivity index (χ0) is 17.5. The van der Waals surface area contributed by atoms with E-state index in [0.29, 0.717) is 6.54 Å². The maximum atomic E-state index is 5.38. The standard InChI is InChI=1S/C20H24N4O/c1-3-4-12-24(2)19-14-18(21-15-17-11-8-13-25-17)22-20(23-19)16-9-6-5-7-10-16/h5-11,13-14H,3-4,12,15H2,1-2H3,(H,21,22,23). The van der Waals surface area contributed by atoms with E-state index in [1.54, 1.807) is 6.26 Å². The molecule has 1 N–H and O–H groups in total. The van der Waals surface area contributed by atoms with E-state index in [-0.39, 0.29) is 0 Å². The van der Waals surface area contributed by atoms with Crippen molar-refractivity contribution >= 4 is 11.6 Å². The predicted molar refractivity (Wildman–Crippen MR) is 102 cm³/mol. The second-order valence-corrected chi connectivity index (χ2v) is 6.01. The van der Waals surface area contributed by atoms with Crippen molar-refractivity contribution in [3.8, 4) is 11.4 Å². The fraction of sp³-hybridized carbons (Fsp3) is 0.300. The Hall–Kier alpha value is -2.82. The average Bonchev–Trinajstić information content (AvgIpc) is 3.18. The topological polar surface area (TPSA) is 54.2 Å². The van der Waals surface area contributed by atoms with E-state index in [1.165, 1.54) is 0 Å². The molecular weight excluding hydrogens is 312 g/mol. The molecular formula is C20H24N4O. The molecule has 130 valence electrons. The molecule has 0 saturated carbocycles. The van der Waals surface area contributed by atoms with Crippen LogP contribution in [0.1, 0.15) is 25.5 Å². The Labute approximate surface area is 148 Å². The third kappa shape index (κ3) is 4.59. The van der Waals surface area contributed by atoms with Gasteiger partial charge in [-0.2, -0.15) is 0 Å². The predicted octanol–water partition coefficient (Wildman–Crippen LogP) is 4.59. The summed E-state index contributed by atoms with van der Waals surface area (Å²) in [6, 6.07) is 15.9. The lowest BCUT2D eigenvalue weighted by molar-refractivity contribution is 0.518. The second-order valence-electron chi connectivity index (χ2n) is 6.01. The van der Waals surface area contributed by atoms with Gasteiger partial charge in [-0.15, -0.1) is 0 Å². The van der Waals surface area contributed by atoms with Crippen LogP contribution in [0.25, 0.3) is 11.4 Å². The van der Waals surface area contributed by atoms with Gasteiger partial charge in [-0.1, -0.05) is 43.7 Å². The van der Waals surface area contributed by atoms with E-state index >= 15 is 0 Å². The van der Waals surface area contributed by atoms with Crippen LogP contribution in [-0.4, -0.2) is 23.6 Å². The van der Waals surface area contributed by atoms with Gasteiger partial charge in [0.15, 0.2) is 5.82 Å². The van der Waals surface area contributed by atoms with E-state index in [9.17, 15) is 0 Å². The number of nitrogens with one attached hydrogen (secondary N) is 1. The summed E-state index contributed by atoms with van der Waals surface area (Å²) in [4.78, 5) is 11.6. The number of anilines is 2. The molecule has 0 unspecified atom stereocenters. The molecule has 1 aromatic carbocycles. The minimum atomic E-state index is 0.594. The van der Waals surface area contributed by atoms with E-state index in [0.717, 1.165) is 48.2 Å². The van der Waals surface area contributed by atoms with Crippen molar-refractivity contribution in [2.24, 2.45) is 0 Å². The van der Waals surface area contributed by atoms with Gasteiger partial charge in [0.1, 0.15) is 17.4 Å². The number of benzene rings is 1. The number of hydrogen-bond donors (Lipinski definition) is 1. The molecule has 0 radical (unpaired) electrons. The average molecular weight is 336 g/mol. The molecule has 3 rings (SSSR count). The first kappa shape index (κ1) is 17.0. The summed E-state index contributed by atoms with van der Waals surface area (Å²) in [5, 5.41) is 3.34. The number of hydrogen-bond acceptors (Lipinski definition) is 5. The molecule has 0 atom stereocenters. The Morgan fingerprint density at radius 1 is 1.08 bits per heavy atom. The maximum absolute atomic E-state index is 5.38. The van der Waals surface area contributed by atoms with E-state index in [4.69, 9.17) is 9.40 Å². The normalized spacial score (nSPS) is 10.6. The molecule has 0 aliphatic carbocycles. The van der Waals surface area contributed by atoms with Crippen LogP contribution in [0.15, 0.2) is 59.2 Å². The molecule has 25 heavy (non-hydrogen) atoms. The van der Waals surface area contributed by atoms with Gasteiger partial charge >= 0.3 is 0 Å². The van der Waals surface area contributed by atoms with Crippen molar-refractivity contribution in [1.82, 2.24) is 9.97 Å². The Morgan fingerprint density at radius 3 is 2.64 bits per heavy atom. The minimum Gasteiger partial charge on any atom is -0.467 e. The van der Waals surface area contributed by atoms with Gasteiger partial charge in [-0.25, -0.2) is 9.97 Å². The fourth-order valence-electron chi connectivity index (χ4n) is 2.54. The van der Waals surface area contributed by atoms with Crippen molar-refractivity contribution in [3.05, 3.63) is 60.6 Å². The smallest absolute Gasteiger partial charge is 0.163 e. The van der Waals surface area contributed by atoms with Crippen LogP contribution in [0.4, 0.5) is 11.6 Å². The van der Waals surface area contributed by atoms with Crippen molar-refractivity contribution in [3.63, 3.8) is 0 Å².